The van der Waals surface area contributed by atoms with Crippen LogP contribution in [0.25, 0.3) is 0 Å². The topological polar surface area (TPSA) is 51.0 Å². The highest BCUT2D eigenvalue weighted by molar-refractivity contribution is 9.10. The molecule has 12 heavy (non-hydrogen) atoms. The summed E-state index contributed by atoms with van der Waals surface area (Å²) in [5, 5.41) is 6.35. The maximum atomic E-state index is 5.25. The molecule has 0 saturated carbocycles. The molecular weight excluding hydrogens is 224 g/mol. The third kappa shape index (κ3) is 1.50. The van der Waals surface area contributed by atoms with Crippen molar-refractivity contribution < 1.29 is 9.15 Å². The number of rotatable bonds is 2. The van der Waals surface area contributed by atoms with Gasteiger partial charge in [0.2, 0.25) is 0 Å². The number of nitrogens with zero attached hydrogens (tertiary/aromatic N) is 1. The van der Waals surface area contributed by atoms with E-state index >= 15 is 0 Å². The summed E-state index contributed by atoms with van der Waals surface area (Å²) in [5.41, 5.74) is 0. The van der Waals surface area contributed by atoms with Crippen LogP contribution in [0.1, 0.15) is 0 Å². The van der Waals surface area contributed by atoms with Crippen molar-refractivity contribution in [2.24, 2.45) is 0 Å². The highest BCUT2D eigenvalue weighted by Crippen LogP contribution is 2.24. The molecule has 0 aliphatic carbocycles. The predicted octanol–water partition coefficient (Wildman–Crippen LogP) is 2.56. The van der Waals surface area contributed by atoms with Crippen molar-refractivity contribution >= 4 is 15.9 Å². The van der Waals surface area contributed by atoms with E-state index in [0.29, 0.717) is 16.4 Å². The lowest BCUT2D eigenvalue weighted by atomic mass is 10.6. The molecule has 0 aliphatic rings. The normalized spacial score (nSPS) is 10.1. The second-order valence-electron chi connectivity index (χ2n) is 2.09. The van der Waals surface area contributed by atoms with Gasteiger partial charge in [-0.1, -0.05) is 0 Å². The Morgan fingerprint density at radius 1 is 1.50 bits per heavy atom. The zero-order valence-corrected chi connectivity index (χ0v) is 7.54. The van der Waals surface area contributed by atoms with Crippen LogP contribution in [-0.4, -0.2) is 10.2 Å². The fourth-order valence-electron chi connectivity index (χ4n) is 0.764. The lowest BCUT2D eigenvalue weighted by molar-refractivity contribution is 0.338. The number of aromatic nitrogens is 2. The third-order valence-corrected chi connectivity index (χ3v) is 1.67. The van der Waals surface area contributed by atoms with E-state index in [2.05, 4.69) is 26.1 Å². The maximum absolute atomic E-state index is 5.25. The van der Waals surface area contributed by atoms with E-state index < -0.39 is 0 Å². The van der Waals surface area contributed by atoms with Crippen molar-refractivity contribution in [3.63, 3.8) is 0 Å². The molecule has 5 heteroatoms. The molecule has 4 nitrogen and oxygen atoms in total. The van der Waals surface area contributed by atoms with Crippen LogP contribution in [0.2, 0.25) is 0 Å². The van der Waals surface area contributed by atoms with Gasteiger partial charge in [0, 0.05) is 6.07 Å². The van der Waals surface area contributed by atoms with Crippen LogP contribution in [0.4, 0.5) is 0 Å². The molecule has 0 amide bonds. The molecule has 1 N–H and O–H groups in total. The molecule has 0 saturated heterocycles. The minimum Gasteiger partial charge on any atom is -0.423 e. The summed E-state index contributed by atoms with van der Waals surface area (Å²) in [5.74, 6) is 1.06. The van der Waals surface area contributed by atoms with E-state index in [1.54, 1.807) is 24.5 Å². The lowest BCUT2D eigenvalue weighted by Gasteiger charge is -1.94. The number of ether oxygens (including phenoxy) is 1. The Bertz CT molecular complexity index is 355. The van der Waals surface area contributed by atoms with Crippen molar-refractivity contribution in [3.8, 4) is 11.7 Å². The van der Waals surface area contributed by atoms with Gasteiger partial charge in [-0.05, 0) is 22.0 Å². The summed E-state index contributed by atoms with van der Waals surface area (Å²) in [6.45, 7) is 0. The zero-order chi connectivity index (χ0) is 8.39. The Morgan fingerprint density at radius 3 is 3.00 bits per heavy atom. The van der Waals surface area contributed by atoms with Crippen LogP contribution < -0.4 is 4.74 Å². The molecule has 2 aromatic heterocycles. The van der Waals surface area contributed by atoms with Gasteiger partial charge in [0.05, 0.1) is 12.4 Å². The number of nitrogens with one attached hydrogen (secondary N) is 1. The van der Waals surface area contributed by atoms with Gasteiger partial charge in [-0.2, -0.15) is 5.10 Å². The first-order valence-electron chi connectivity index (χ1n) is 3.26. The number of hydrogen-bond acceptors (Lipinski definition) is 3. The summed E-state index contributed by atoms with van der Waals surface area (Å²) in [7, 11) is 0. The van der Waals surface area contributed by atoms with Crippen LogP contribution >= 0.6 is 15.9 Å². The quantitative estimate of drug-likeness (QED) is 0.860. The van der Waals surface area contributed by atoms with E-state index in [9.17, 15) is 0 Å². The lowest BCUT2D eigenvalue weighted by Crippen LogP contribution is -1.76. The molecule has 0 unspecified atom stereocenters. The highest BCUT2D eigenvalue weighted by Gasteiger charge is 2.01. The minimum atomic E-state index is 0.434. The van der Waals surface area contributed by atoms with Gasteiger partial charge >= 0.3 is 0 Å². The van der Waals surface area contributed by atoms with Crippen LogP contribution in [-0.2, 0) is 0 Å². The average molecular weight is 229 g/mol. The molecule has 0 spiro atoms. The summed E-state index contributed by atoms with van der Waals surface area (Å²) in [4.78, 5) is 0. The van der Waals surface area contributed by atoms with Gasteiger partial charge in [0.15, 0.2) is 10.4 Å². The van der Waals surface area contributed by atoms with Gasteiger partial charge in [-0.25, -0.2) is 0 Å². The Morgan fingerprint density at radius 2 is 2.42 bits per heavy atom. The van der Waals surface area contributed by atoms with E-state index in [4.69, 9.17) is 9.15 Å². The third-order valence-electron chi connectivity index (χ3n) is 1.24. The minimum absolute atomic E-state index is 0.434. The van der Waals surface area contributed by atoms with Gasteiger partial charge in [-0.3, -0.25) is 5.10 Å². The molecule has 0 fully saturated rings. The summed E-state index contributed by atoms with van der Waals surface area (Å²) < 4.78 is 11.0. The predicted molar refractivity (Wildman–Crippen MR) is 45.1 cm³/mol. The van der Waals surface area contributed by atoms with Gasteiger partial charge in [0.1, 0.15) is 0 Å². The first-order chi connectivity index (χ1) is 5.84. The molecule has 0 atom stereocenters. The van der Waals surface area contributed by atoms with Crippen LogP contribution in [0.3, 0.4) is 0 Å². The second kappa shape index (κ2) is 3.02. The molecule has 0 radical (unpaired) electrons. The molecule has 62 valence electrons. The number of halogens is 1. The van der Waals surface area contributed by atoms with E-state index in [1.807, 2.05) is 0 Å². The fraction of sp³-hybridized carbons (Fsp3) is 0. The first kappa shape index (κ1) is 7.42. The van der Waals surface area contributed by atoms with E-state index in [-0.39, 0.29) is 0 Å². The Hall–Kier alpha value is -1.23. The van der Waals surface area contributed by atoms with Crippen molar-refractivity contribution in [1.82, 2.24) is 10.2 Å². The molecule has 0 bridgehead atoms. The van der Waals surface area contributed by atoms with Crippen molar-refractivity contribution in [2.75, 3.05) is 0 Å². The summed E-state index contributed by atoms with van der Waals surface area (Å²) in [6.07, 6.45) is 3.20. The molecule has 2 rings (SSSR count). The van der Waals surface area contributed by atoms with Crippen LogP contribution in [0.5, 0.6) is 11.7 Å². The van der Waals surface area contributed by atoms with Crippen molar-refractivity contribution in [3.05, 3.63) is 29.2 Å². The Kier molecular flexibility index (Phi) is 1.87. The number of furan rings is 1. The van der Waals surface area contributed by atoms with Crippen LogP contribution in [0.15, 0.2) is 33.6 Å². The van der Waals surface area contributed by atoms with Crippen LogP contribution in [0, 0.1) is 0 Å². The SMILES string of the molecule is Brc1ccc(Oc2cn[nH]c2)o1. The first-order valence-corrected chi connectivity index (χ1v) is 4.06. The number of aromatic amines is 1. The highest BCUT2D eigenvalue weighted by atomic mass is 79.9. The summed E-state index contributed by atoms with van der Waals surface area (Å²) in [6, 6.07) is 3.48. The molecule has 0 aliphatic heterocycles. The number of hydrogen-bond donors (Lipinski definition) is 1. The van der Waals surface area contributed by atoms with E-state index in [1.165, 1.54) is 0 Å². The van der Waals surface area contributed by atoms with Crippen molar-refractivity contribution in [1.29, 1.82) is 0 Å². The standard InChI is InChI=1S/C7H5BrN2O2/c8-6-1-2-7(12-6)11-5-3-9-10-4-5/h1-4H,(H,9,10). The second-order valence-corrected chi connectivity index (χ2v) is 2.88. The summed E-state index contributed by atoms with van der Waals surface area (Å²) >= 11 is 3.17. The van der Waals surface area contributed by atoms with Gasteiger partial charge < -0.3 is 9.15 Å². The maximum Gasteiger partial charge on any atom is 0.291 e. The molecule has 2 aromatic rings. The molecular formula is C7H5BrN2O2. The van der Waals surface area contributed by atoms with Gasteiger partial charge in [0.25, 0.3) is 5.95 Å². The number of H-pyrrole nitrogens is 1. The Balaban J connectivity index is 2.14. The van der Waals surface area contributed by atoms with E-state index in [0.717, 1.165) is 0 Å². The monoisotopic (exact) mass is 228 g/mol. The largest absolute Gasteiger partial charge is 0.423 e. The average Bonchev–Trinajstić information content (AvgIpc) is 2.63. The fourth-order valence-corrected chi connectivity index (χ4v) is 1.06. The molecule has 0 aromatic carbocycles. The van der Waals surface area contributed by atoms with Gasteiger partial charge in [-0.15, -0.1) is 0 Å². The zero-order valence-electron chi connectivity index (χ0n) is 5.95. The Labute approximate surface area is 76.7 Å². The molecule has 2 heterocycles. The smallest absolute Gasteiger partial charge is 0.291 e. The van der Waals surface area contributed by atoms with Crippen molar-refractivity contribution in [2.45, 2.75) is 0 Å².